The Hall–Kier alpha value is -3.45. The first-order chi connectivity index (χ1) is 15.2. The third-order valence-electron chi connectivity index (χ3n) is 5.50. The average Bonchev–Trinajstić information content (AvgIpc) is 3.21. The molecular weight excluding hydrogens is 390 g/mol. The minimum absolute atomic E-state index is 0.599. The molecule has 1 saturated heterocycles. The van der Waals surface area contributed by atoms with E-state index in [2.05, 4.69) is 28.1 Å². The van der Waals surface area contributed by atoms with Crippen LogP contribution in [-0.4, -0.2) is 52.7 Å². The van der Waals surface area contributed by atoms with Crippen molar-refractivity contribution < 1.29 is 9.47 Å². The summed E-state index contributed by atoms with van der Waals surface area (Å²) in [6, 6.07) is 14.4. The lowest BCUT2D eigenvalue weighted by Crippen LogP contribution is -2.36. The maximum atomic E-state index is 5.98. The van der Waals surface area contributed by atoms with Gasteiger partial charge in [-0.05, 0) is 13.0 Å². The number of rotatable bonds is 5. The van der Waals surface area contributed by atoms with Gasteiger partial charge >= 0.3 is 0 Å². The summed E-state index contributed by atoms with van der Waals surface area (Å²) >= 11 is 0. The van der Waals surface area contributed by atoms with Crippen LogP contribution in [-0.2, 0) is 11.8 Å². The van der Waals surface area contributed by atoms with Crippen LogP contribution in [0.2, 0.25) is 0 Å². The highest BCUT2D eigenvalue weighted by molar-refractivity contribution is 5.98. The quantitative estimate of drug-likeness (QED) is 0.492. The topological polar surface area (TPSA) is 65.3 Å². The minimum Gasteiger partial charge on any atom is -0.492 e. The Morgan fingerprint density at radius 2 is 1.84 bits per heavy atom. The zero-order valence-electron chi connectivity index (χ0n) is 17.8. The van der Waals surface area contributed by atoms with Crippen molar-refractivity contribution in [3.63, 3.8) is 0 Å². The van der Waals surface area contributed by atoms with Crippen molar-refractivity contribution in [2.75, 3.05) is 37.8 Å². The van der Waals surface area contributed by atoms with E-state index >= 15 is 0 Å². The summed E-state index contributed by atoms with van der Waals surface area (Å²) in [7, 11) is 1.94. The fourth-order valence-corrected chi connectivity index (χ4v) is 4.08. The molecule has 0 amide bonds. The molecule has 7 nitrogen and oxygen atoms in total. The Bertz CT molecular complexity index is 1200. The minimum atomic E-state index is 0.599. The Morgan fingerprint density at radius 1 is 1.03 bits per heavy atom. The van der Waals surface area contributed by atoms with Crippen molar-refractivity contribution in [3.05, 3.63) is 55.0 Å². The first-order valence-corrected chi connectivity index (χ1v) is 10.6. The van der Waals surface area contributed by atoms with E-state index in [1.165, 1.54) is 0 Å². The van der Waals surface area contributed by atoms with Crippen LogP contribution >= 0.6 is 0 Å². The van der Waals surface area contributed by atoms with Crippen LogP contribution in [0.4, 0.5) is 5.69 Å². The highest BCUT2D eigenvalue weighted by atomic mass is 16.5. The number of aromatic nitrogens is 4. The molecule has 1 aliphatic heterocycles. The molecule has 0 unspecified atom stereocenters. The molecule has 0 aliphatic carbocycles. The zero-order chi connectivity index (χ0) is 21.2. The Balaban J connectivity index is 1.70. The van der Waals surface area contributed by atoms with Gasteiger partial charge in [-0.3, -0.25) is 4.68 Å². The SMILES string of the molecule is CCOc1cc2ncnc(-c3cn(C)nc3-c3ccccc3)c2cc1N1CCOCC1. The van der Waals surface area contributed by atoms with E-state index in [0.717, 1.165) is 57.9 Å². The maximum Gasteiger partial charge on any atom is 0.144 e. The molecule has 3 heterocycles. The lowest BCUT2D eigenvalue weighted by Gasteiger charge is -2.30. The van der Waals surface area contributed by atoms with Gasteiger partial charge in [0.15, 0.2) is 0 Å². The zero-order valence-corrected chi connectivity index (χ0v) is 17.8. The molecule has 0 atom stereocenters. The summed E-state index contributed by atoms with van der Waals surface area (Å²) in [5.41, 5.74) is 5.73. The molecule has 0 radical (unpaired) electrons. The number of hydrogen-bond acceptors (Lipinski definition) is 6. The number of morpholine rings is 1. The molecule has 5 rings (SSSR count). The molecule has 0 spiro atoms. The van der Waals surface area contributed by atoms with Crippen LogP contribution < -0.4 is 9.64 Å². The van der Waals surface area contributed by atoms with Gasteiger partial charge in [-0.25, -0.2) is 9.97 Å². The summed E-state index contributed by atoms with van der Waals surface area (Å²) in [6.45, 7) is 5.68. The molecule has 2 aromatic heterocycles. The molecule has 1 fully saturated rings. The van der Waals surface area contributed by atoms with Gasteiger partial charge in [-0.15, -0.1) is 0 Å². The van der Waals surface area contributed by atoms with E-state index in [9.17, 15) is 0 Å². The number of nitrogens with zero attached hydrogens (tertiary/aromatic N) is 5. The predicted molar refractivity (Wildman–Crippen MR) is 121 cm³/mol. The number of benzene rings is 2. The van der Waals surface area contributed by atoms with E-state index in [0.29, 0.717) is 19.8 Å². The second-order valence-electron chi connectivity index (χ2n) is 7.52. The van der Waals surface area contributed by atoms with Gasteiger partial charge in [0.1, 0.15) is 17.8 Å². The van der Waals surface area contributed by atoms with Crippen LogP contribution in [0.15, 0.2) is 55.0 Å². The molecule has 158 valence electrons. The van der Waals surface area contributed by atoms with Gasteiger partial charge in [0, 0.05) is 48.9 Å². The summed E-state index contributed by atoms with van der Waals surface area (Å²) in [5.74, 6) is 0.844. The Labute approximate surface area is 181 Å². The summed E-state index contributed by atoms with van der Waals surface area (Å²) < 4.78 is 13.4. The smallest absolute Gasteiger partial charge is 0.144 e. The van der Waals surface area contributed by atoms with Crippen molar-refractivity contribution in [3.8, 4) is 28.3 Å². The number of fused-ring (bicyclic) bond motifs is 1. The van der Waals surface area contributed by atoms with Gasteiger partial charge in [0.25, 0.3) is 0 Å². The summed E-state index contributed by atoms with van der Waals surface area (Å²) in [5, 5.41) is 5.71. The second kappa shape index (κ2) is 8.35. The van der Waals surface area contributed by atoms with E-state index in [1.807, 2.05) is 49.1 Å². The van der Waals surface area contributed by atoms with Crippen LogP contribution in [0, 0.1) is 0 Å². The van der Waals surface area contributed by atoms with Crippen LogP contribution in [0.25, 0.3) is 33.4 Å². The van der Waals surface area contributed by atoms with Gasteiger partial charge in [-0.2, -0.15) is 5.10 Å². The molecule has 7 heteroatoms. The lowest BCUT2D eigenvalue weighted by molar-refractivity contribution is 0.122. The largest absolute Gasteiger partial charge is 0.492 e. The number of anilines is 1. The standard InChI is InChI=1S/C24H25N5O2/c1-3-31-22-14-20-18(13-21(22)29-9-11-30-12-10-29)24(26-16-25-20)19-15-28(2)27-23(19)17-7-5-4-6-8-17/h4-8,13-16H,3,9-12H2,1-2H3. The molecule has 2 aromatic carbocycles. The molecule has 4 aromatic rings. The van der Waals surface area contributed by atoms with Crippen molar-refractivity contribution in [2.24, 2.45) is 7.05 Å². The Morgan fingerprint density at radius 3 is 2.61 bits per heavy atom. The fourth-order valence-electron chi connectivity index (χ4n) is 4.08. The van der Waals surface area contributed by atoms with Gasteiger partial charge in [0.2, 0.25) is 0 Å². The van der Waals surface area contributed by atoms with Gasteiger partial charge in [-0.1, -0.05) is 30.3 Å². The molecule has 0 saturated carbocycles. The van der Waals surface area contributed by atoms with Gasteiger partial charge < -0.3 is 14.4 Å². The van der Waals surface area contributed by atoms with E-state index in [4.69, 9.17) is 19.6 Å². The number of aryl methyl sites for hydroxylation is 1. The third kappa shape index (κ3) is 3.72. The summed E-state index contributed by atoms with van der Waals surface area (Å²) in [6.07, 6.45) is 3.64. The summed E-state index contributed by atoms with van der Waals surface area (Å²) in [4.78, 5) is 11.5. The van der Waals surface area contributed by atoms with Gasteiger partial charge in [0.05, 0.1) is 36.7 Å². The van der Waals surface area contributed by atoms with Crippen molar-refractivity contribution in [1.82, 2.24) is 19.7 Å². The van der Waals surface area contributed by atoms with Crippen LogP contribution in [0.1, 0.15) is 6.92 Å². The second-order valence-corrected chi connectivity index (χ2v) is 7.52. The highest BCUT2D eigenvalue weighted by Gasteiger charge is 2.21. The maximum absolute atomic E-state index is 5.98. The average molecular weight is 415 g/mol. The lowest BCUT2D eigenvalue weighted by atomic mass is 10.0. The monoisotopic (exact) mass is 415 g/mol. The number of hydrogen-bond donors (Lipinski definition) is 0. The molecule has 0 bridgehead atoms. The number of ether oxygens (including phenoxy) is 2. The third-order valence-corrected chi connectivity index (χ3v) is 5.50. The molecule has 0 N–H and O–H groups in total. The predicted octanol–water partition coefficient (Wildman–Crippen LogP) is 3.93. The fraction of sp³-hybridized carbons (Fsp3) is 0.292. The molecular formula is C24H25N5O2. The van der Waals surface area contributed by atoms with Crippen molar-refractivity contribution in [2.45, 2.75) is 6.92 Å². The van der Waals surface area contributed by atoms with E-state index in [1.54, 1.807) is 6.33 Å². The van der Waals surface area contributed by atoms with Crippen LogP contribution in [0.5, 0.6) is 5.75 Å². The van der Waals surface area contributed by atoms with Crippen molar-refractivity contribution >= 4 is 16.6 Å². The normalized spacial score (nSPS) is 14.2. The Kier molecular flexibility index (Phi) is 5.26. The van der Waals surface area contributed by atoms with Crippen molar-refractivity contribution in [1.29, 1.82) is 0 Å². The van der Waals surface area contributed by atoms with E-state index in [-0.39, 0.29) is 0 Å². The highest BCUT2D eigenvalue weighted by Crippen LogP contribution is 2.38. The van der Waals surface area contributed by atoms with E-state index < -0.39 is 0 Å². The first kappa shape index (κ1) is 19.5. The first-order valence-electron chi connectivity index (χ1n) is 10.6. The van der Waals surface area contributed by atoms with Crippen LogP contribution in [0.3, 0.4) is 0 Å². The molecule has 31 heavy (non-hydrogen) atoms. The molecule has 1 aliphatic rings.